The van der Waals surface area contributed by atoms with Gasteiger partial charge in [0, 0.05) is 12.6 Å². The van der Waals surface area contributed by atoms with E-state index >= 15 is 0 Å². The second kappa shape index (κ2) is 5.76. The molecular weight excluding hydrogens is 298 g/mol. The first kappa shape index (κ1) is 13.8. The van der Waals surface area contributed by atoms with Crippen LogP contribution in [0.5, 0.6) is 11.5 Å². The van der Waals surface area contributed by atoms with E-state index in [9.17, 15) is 0 Å². The van der Waals surface area contributed by atoms with Crippen molar-refractivity contribution in [2.45, 2.75) is 38.1 Å². The Morgan fingerprint density at radius 1 is 1.18 bits per heavy atom. The molecule has 0 saturated heterocycles. The van der Waals surface area contributed by atoms with Gasteiger partial charge < -0.3 is 9.47 Å². The molecule has 1 saturated carbocycles. The molecule has 0 radical (unpaired) electrons. The van der Waals surface area contributed by atoms with Crippen LogP contribution in [0.3, 0.4) is 0 Å². The Labute approximate surface area is 133 Å². The van der Waals surface area contributed by atoms with Crippen molar-refractivity contribution in [3.8, 4) is 22.1 Å². The van der Waals surface area contributed by atoms with E-state index in [-0.39, 0.29) is 0 Å². The molecule has 1 aromatic heterocycles. The summed E-state index contributed by atoms with van der Waals surface area (Å²) in [6, 6.07) is 6.42. The number of benzene rings is 1. The third-order valence-corrected chi connectivity index (χ3v) is 5.26. The van der Waals surface area contributed by atoms with E-state index in [4.69, 9.17) is 14.5 Å². The lowest BCUT2D eigenvalue weighted by Gasteiger charge is -2.16. The highest BCUT2D eigenvalue weighted by Gasteiger charge is 2.16. The van der Waals surface area contributed by atoms with Gasteiger partial charge in [-0.05, 0) is 31.0 Å². The van der Waals surface area contributed by atoms with Crippen molar-refractivity contribution in [2.75, 3.05) is 6.79 Å². The molecule has 116 valence electrons. The van der Waals surface area contributed by atoms with Crippen LogP contribution in [0, 0.1) is 0 Å². The van der Waals surface area contributed by atoms with Crippen LogP contribution in [-0.4, -0.2) is 22.6 Å². The van der Waals surface area contributed by atoms with Crippen LogP contribution in [0.15, 0.2) is 23.2 Å². The van der Waals surface area contributed by atoms with Crippen LogP contribution < -0.4 is 14.3 Å². The van der Waals surface area contributed by atoms with Crippen molar-refractivity contribution in [1.82, 2.24) is 9.78 Å². The molecule has 6 heteroatoms. The quantitative estimate of drug-likeness (QED) is 0.855. The fourth-order valence-corrected chi connectivity index (χ4v) is 3.93. The number of hydrogen-bond acceptors (Lipinski definition) is 5. The van der Waals surface area contributed by atoms with Gasteiger partial charge in [-0.1, -0.05) is 30.6 Å². The molecule has 1 aliphatic heterocycles. The molecule has 2 aromatic rings. The van der Waals surface area contributed by atoms with Crippen molar-refractivity contribution < 1.29 is 9.47 Å². The zero-order valence-electron chi connectivity index (χ0n) is 12.6. The molecule has 2 aliphatic rings. The van der Waals surface area contributed by atoms with E-state index in [0.29, 0.717) is 12.8 Å². The number of nitrogens with zero attached hydrogens (tertiary/aromatic N) is 3. The molecule has 5 nitrogen and oxygen atoms in total. The number of aryl methyl sites for hydroxylation is 1. The first-order valence-electron chi connectivity index (χ1n) is 7.77. The van der Waals surface area contributed by atoms with Crippen molar-refractivity contribution in [3.63, 3.8) is 0 Å². The second-order valence-corrected chi connectivity index (χ2v) is 6.76. The summed E-state index contributed by atoms with van der Waals surface area (Å²) < 4.78 is 12.7. The van der Waals surface area contributed by atoms with Gasteiger partial charge in [-0.3, -0.25) is 4.99 Å². The summed E-state index contributed by atoms with van der Waals surface area (Å²) in [6.45, 7) is 0.298. The number of aromatic nitrogens is 2. The molecule has 22 heavy (non-hydrogen) atoms. The Morgan fingerprint density at radius 3 is 2.86 bits per heavy atom. The van der Waals surface area contributed by atoms with Gasteiger partial charge in [0.15, 0.2) is 11.5 Å². The van der Waals surface area contributed by atoms with Crippen LogP contribution in [0.1, 0.15) is 32.1 Å². The predicted molar refractivity (Wildman–Crippen MR) is 85.1 cm³/mol. The monoisotopic (exact) mass is 317 g/mol. The molecule has 0 amide bonds. The lowest BCUT2D eigenvalue weighted by Crippen LogP contribution is -2.18. The van der Waals surface area contributed by atoms with Crippen LogP contribution in [0.2, 0.25) is 0 Å². The highest BCUT2D eigenvalue weighted by Crippen LogP contribution is 2.35. The van der Waals surface area contributed by atoms with E-state index in [2.05, 4.69) is 5.10 Å². The third kappa shape index (κ3) is 2.63. The van der Waals surface area contributed by atoms with Gasteiger partial charge in [0.1, 0.15) is 5.01 Å². The number of rotatable bonds is 2. The molecule has 0 N–H and O–H groups in total. The molecular formula is C16H19N3O2S. The van der Waals surface area contributed by atoms with E-state index in [1.807, 2.05) is 29.9 Å². The summed E-state index contributed by atoms with van der Waals surface area (Å²) in [6.07, 6.45) is 6.36. The zero-order valence-corrected chi connectivity index (χ0v) is 13.4. The van der Waals surface area contributed by atoms with Crippen LogP contribution in [0.25, 0.3) is 10.6 Å². The molecule has 4 rings (SSSR count). The van der Waals surface area contributed by atoms with E-state index in [0.717, 1.165) is 26.9 Å². The van der Waals surface area contributed by atoms with E-state index < -0.39 is 0 Å². The van der Waals surface area contributed by atoms with Crippen LogP contribution in [-0.2, 0) is 7.05 Å². The Bertz CT molecular complexity index is 744. The summed E-state index contributed by atoms with van der Waals surface area (Å²) in [5.41, 5.74) is 1.05. The van der Waals surface area contributed by atoms with Gasteiger partial charge in [0.25, 0.3) is 0 Å². The van der Waals surface area contributed by atoms with Gasteiger partial charge in [-0.25, -0.2) is 4.68 Å². The van der Waals surface area contributed by atoms with Gasteiger partial charge in [0.05, 0.1) is 6.04 Å². The van der Waals surface area contributed by atoms with Gasteiger partial charge >= 0.3 is 0 Å². The summed E-state index contributed by atoms with van der Waals surface area (Å²) in [4.78, 5) is 5.90. The normalized spacial score (nSPS) is 18.9. The van der Waals surface area contributed by atoms with Crippen molar-refractivity contribution in [1.29, 1.82) is 0 Å². The first-order valence-corrected chi connectivity index (χ1v) is 8.59. The number of hydrogen-bond donors (Lipinski definition) is 0. The fraction of sp³-hybridized carbons (Fsp3) is 0.500. The highest BCUT2D eigenvalue weighted by atomic mass is 32.1. The Morgan fingerprint density at radius 2 is 2.00 bits per heavy atom. The van der Waals surface area contributed by atoms with Crippen molar-refractivity contribution in [3.05, 3.63) is 23.0 Å². The lowest BCUT2D eigenvalue weighted by molar-refractivity contribution is 0.174. The molecule has 1 aromatic carbocycles. The Balaban J connectivity index is 1.66. The largest absolute Gasteiger partial charge is 0.454 e. The highest BCUT2D eigenvalue weighted by molar-refractivity contribution is 7.12. The number of fused-ring (bicyclic) bond motifs is 1. The van der Waals surface area contributed by atoms with Gasteiger partial charge in [-0.15, -0.1) is 0 Å². The SMILES string of the molecule is Cn1nc(-c2ccc3c(c2)OCO3)sc1=NC1CCCCC1. The second-order valence-electron chi connectivity index (χ2n) is 5.80. The fourth-order valence-electron chi connectivity index (χ4n) is 2.97. The van der Waals surface area contributed by atoms with Crippen LogP contribution >= 0.6 is 11.3 Å². The van der Waals surface area contributed by atoms with E-state index in [1.165, 1.54) is 32.1 Å². The molecule has 0 spiro atoms. The summed E-state index contributed by atoms with van der Waals surface area (Å²) in [5.74, 6) is 1.60. The topological polar surface area (TPSA) is 48.6 Å². The molecule has 0 atom stereocenters. The average Bonchev–Trinajstić information content (AvgIpc) is 3.15. The van der Waals surface area contributed by atoms with Gasteiger partial charge in [0.2, 0.25) is 11.6 Å². The minimum atomic E-state index is 0.298. The zero-order chi connectivity index (χ0) is 14.9. The lowest BCUT2D eigenvalue weighted by atomic mass is 9.96. The summed E-state index contributed by atoms with van der Waals surface area (Å²) in [7, 11) is 1.97. The Kier molecular flexibility index (Phi) is 3.62. The minimum absolute atomic E-state index is 0.298. The van der Waals surface area contributed by atoms with Crippen LogP contribution in [0.4, 0.5) is 0 Å². The van der Waals surface area contributed by atoms with E-state index in [1.54, 1.807) is 11.3 Å². The molecule has 1 aliphatic carbocycles. The smallest absolute Gasteiger partial charge is 0.231 e. The molecule has 1 fully saturated rings. The summed E-state index contributed by atoms with van der Waals surface area (Å²) in [5, 5.41) is 5.58. The summed E-state index contributed by atoms with van der Waals surface area (Å²) >= 11 is 1.64. The minimum Gasteiger partial charge on any atom is -0.454 e. The molecule has 2 heterocycles. The molecule has 0 unspecified atom stereocenters. The maximum atomic E-state index is 5.44. The van der Waals surface area contributed by atoms with Gasteiger partial charge in [-0.2, -0.15) is 5.10 Å². The average molecular weight is 317 g/mol. The number of ether oxygens (including phenoxy) is 2. The van der Waals surface area contributed by atoms with Crippen molar-refractivity contribution >= 4 is 11.3 Å². The Hall–Kier alpha value is -1.82. The third-order valence-electron chi connectivity index (χ3n) is 4.19. The molecule has 0 bridgehead atoms. The maximum Gasteiger partial charge on any atom is 0.231 e. The van der Waals surface area contributed by atoms with Crippen molar-refractivity contribution in [2.24, 2.45) is 12.0 Å². The first-order chi connectivity index (χ1) is 10.8. The standard InChI is InChI=1S/C16H19N3O2S/c1-19-16(17-12-5-3-2-4-6-12)22-15(18-19)11-7-8-13-14(9-11)21-10-20-13/h7-9,12H,2-6,10H2,1H3. The predicted octanol–water partition coefficient (Wildman–Crippen LogP) is 3.11. The maximum absolute atomic E-state index is 5.44.